The molecular weight excluding hydrogens is 395 g/mol. The number of benzene rings is 3. The number of rotatable bonds is 5. The first-order valence-corrected chi connectivity index (χ1v) is 9.42. The molecule has 28 heavy (non-hydrogen) atoms. The molecule has 0 saturated carbocycles. The summed E-state index contributed by atoms with van der Waals surface area (Å²) >= 11 is 12.0. The summed E-state index contributed by atoms with van der Waals surface area (Å²) in [6.07, 6.45) is 0. The molecule has 0 aromatic heterocycles. The highest BCUT2D eigenvalue weighted by molar-refractivity contribution is 6.36. The second-order valence-electron chi connectivity index (χ2n) is 6.26. The monoisotopic (exact) mass is 412 g/mol. The molecule has 0 spiro atoms. The largest absolute Gasteiger partial charge is 0.345 e. The van der Waals surface area contributed by atoms with E-state index in [1.807, 2.05) is 43.3 Å². The molecule has 1 atom stereocenters. The molecule has 6 heteroatoms. The van der Waals surface area contributed by atoms with Crippen LogP contribution >= 0.6 is 23.2 Å². The van der Waals surface area contributed by atoms with Crippen molar-refractivity contribution in [1.29, 1.82) is 0 Å². The molecule has 0 radical (unpaired) electrons. The SMILES string of the molecule is CC(NC(=O)c1ccc(Cl)cc1Cl)c1cccc(NC(=O)c2ccccc2)c1. The zero-order valence-electron chi connectivity index (χ0n) is 15.1. The van der Waals surface area contributed by atoms with E-state index in [4.69, 9.17) is 23.2 Å². The zero-order chi connectivity index (χ0) is 20.1. The van der Waals surface area contributed by atoms with Crippen LogP contribution in [0.1, 0.15) is 39.2 Å². The summed E-state index contributed by atoms with van der Waals surface area (Å²) in [4.78, 5) is 24.8. The van der Waals surface area contributed by atoms with Crippen LogP contribution in [0.25, 0.3) is 0 Å². The highest BCUT2D eigenvalue weighted by Crippen LogP contribution is 2.23. The molecule has 2 N–H and O–H groups in total. The Hall–Kier alpha value is -2.82. The van der Waals surface area contributed by atoms with Crippen molar-refractivity contribution in [2.24, 2.45) is 0 Å². The van der Waals surface area contributed by atoms with Gasteiger partial charge in [0.15, 0.2) is 0 Å². The van der Waals surface area contributed by atoms with E-state index in [0.717, 1.165) is 5.56 Å². The Labute approximate surface area is 173 Å². The Morgan fingerprint density at radius 1 is 0.857 bits per heavy atom. The normalized spacial score (nSPS) is 11.5. The van der Waals surface area contributed by atoms with Crippen LogP contribution in [-0.2, 0) is 0 Å². The second kappa shape index (κ2) is 8.91. The van der Waals surface area contributed by atoms with Gasteiger partial charge in [-0.3, -0.25) is 9.59 Å². The lowest BCUT2D eigenvalue weighted by atomic mass is 10.1. The topological polar surface area (TPSA) is 58.2 Å². The molecule has 3 aromatic carbocycles. The smallest absolute Gasteiger partial charge is 0.255 e. The quantitative estimate of drug-likeness (QED) is 0.561. The molecule has 3 rings (SSSR count). The summed E-state index contributed by atoms with van der Waals surface area (Å²) in [6, 6.07) is 20.8. The van der Waals surface area contributed by atoms with E-state index in [1.165, 1.54) is 6.07 Å². The molecule has 0 heterocycles. The maximum Gasteiger partial charge on any atom is 0.255 e. The van der Waals surface area contributed by atoms with Crippen molar-refractivity contribution in [3.8, 4) is 0 Å². The number of hydrogen-bond donors (Lipinski definition) is 2. The van der Waals surface area contributed by atoms with Gasteiger partial charge in [0.25, 0.3) is 11.8 Å². The first-order chi connectivity index (χ1) is 13.4. The van der Waals surface area contributed by atoms with Crippen LogP contribution in [0, 0.1) is 0 Å². The molecule has 0 saturated heterocycles. The van der Waals surface area contributed by atoms with Crippen molar-refractivity contribution in [3.63, 3.8) is 0 Å². The summed E-state index contributed by atoms with van der Waals surface area (Å²) in [6.45, 7) is 1.86. The number of halogens is 2. The third kappa shape index (κ3) is 4.91. The Bertz CT molecular complexity index is 1010. The average Bonchev–Trinajstić information content (AvgIpc) is 2.68. The van der Waals surface area contributed by atoms with Crippen LogP contribution in [0.2, 0.25) is 10.0 Å². The van der Waals surface area contributed by atoms with Gasteiger partial charge < -0.3 is 10.6 Å². The molecule has 1 unspecified atom stereocenters. The van der Waals surface area contributed by atoms with Gasteiger partial charge >= 0.3 is 0 Å². The minimum Gasteiger partial charge on any atom is -0.345 e. The van der Waals surface area contributed by atoms with Crippen LogP contribution in [0.15, 0.2) is 72.8 Å². The van der Waals surface area contributed by atoms with Crippen molar-refractivity contribution in [1.82, 2.24) is 5.32 Å². The first kappa shape index (κ1) is 19.9. The predicted octanol–water partition coefficient (Wildman–Crippen LogP) is 5.74. The summed E-state index contributed by atoms with van der Waals surface area (Å²) < 4.78 is 0. The molecule has 0 aliphatic rings. The third-order valence-electron chi connectivity index (χ3n) is 4.20. The number of carbonyl (C=O) groups is 2. The minimum absolute atomic E-state index is 0.192. The Kier molecular flexibility index (Phi) is 6.34. The Morgan fingerprint density at radius 3 is 2.32 bits per heavy atom. The van der Waals surface area contributed by atoms with Crippen LogP contribution in [0.3, 0.4) is 0 Å². The van der Waals surface area contributed by atoms with Crippen molar-refractivity contribution in [2.45, 2.75) is 13.0 Å². The van der Waals surface area contributed by atoms with E-state index in [2.05, 4.69) is 10.6 Å². The second-order valence-corrected chi connectivity index (χ2v) is 7.11. The fraction of sp³-hybridized carbons (Fsp3) is 0.0909. The highest BCUT2D eigenvalue weighted by Gasteiger charge is 2.15. The highest BCUT2D eigenvalue weighted by atomic mass is 35.5. The molecule has 4 nitrogen and oxygen atoms in total. The van der Waals surface area contributed by atoms with Crippen molar-refractivity contribution < 1.29 is 9.59 Å². The Morgan fingerprint density at radius 2 is 1.61 bits per heavy atom. The van der Waals surface area contributed by atoms with E-state index in [0.29, 0.717) is 26.9 Å². The van der Waals surface area contributed by atoms with E-state index >= 15 is 0 Å². The van der Waals surface area contributed by atoms with Crippen LogP contribution in [0.5, 0.6) is 0 Å². The lowest BCUT2D eigenvalue weighted by Crippen LogP contribution is -2.27. The van der Waals surface area contributed by atoms with Crippen LogP contribution in [0.4, 0.5) is 5.69 Å². The average molecular weight is 413 g/mol. The molecule has 0 aliphatic heterocycles. The fourth-order valence-corrected chi connectivity index (χ4v) is 3.20. The van der Waals surface area contributed by atoms with Crippen molar-refractivity contribution in [2.75, 3.05) is 5.32 Å². The van der Waals surface area contributed by atoms with Gasteiger partial charge in [-0.1, -0.05) is 53.5 Å². The standard InChI is InChI=1S/C22H18Cl2N2O2/c1-14(25-22(28)19-11-10-17(23)13-20(19)24)16-8-5-9-18(12-16)26-21(27)15-6-3-2-4-7-15/h2-14H,1H3,(H,25,28)(H,26,27). The predicted molar refractivity (Wildman–Crippen MR) is 113 cm³/mol. The van der Waals surface area contributed by atoms with Gasteiger partial charge in [0, 0.05) is 16.3 Å². The summed E-state index contributed by atoms with van der Waals surface area (Å²) in [5, 5.41) is 6.53. The molecule has 0 bridgehead atoms. The number of amides is 2. The molecule has 0 aliphatic carbocycles. The lowest BCUT2D eigenvalue weighted by molar-refractivity contribution is 0.0939. The summed E-state index contributed by atoms with van der Waals surface area (Å²) in [7, 11) is 0. The number of anilines is 1. The van der Waals surface area contributed by atoms with Gasteiger partial charge in [-0.25, -0.2) is 0 Å². The van der Waals surface area contributed by atoms with Gasteiger partial charge in [0.05, 0.1) is 16.6 Å². The van der Waals surface area contributed by atoms with Crippen molar-refractivity contribution >= 4 is 40.7 Å². The molecule has 3 aromatic rings. The van der Waals surface area contributed by atoms with E-state index in [-0.39, 0.29) is 17.9 Å². The number of hydrogen-bond acceptors (Lipinski definition) is 2. The van der Waals surface area contributed by atoms with E-state index in [9.17, 15) is 9.59 Å². The number of nitrogens with one attached hydrogen (secondary N) is 2. The summed E-state index contributed by atoms with van der Waals surface area (Å²) in [5.41, 5.74) is 2.43. The van der Waals surface area contributed by atoms with Crippen LogP contribution < -0.4 is 10.6 Å². The van der Waals surface area contributed by atoms with E-state index < -0.39 is 0 Å². The van der Waals surface area contributed by atoms with Crippen molar-refractivity contribution in [3.05, 3.63) is 99.5 Å². The van der Waals surface area contributed by atoms with Gasteiger partial charge in [-0.2, -0.15) is 0 Å². The fourth-order valence-electron chi connectivity index (χ4n) is 2.71. The maximum atomic E-state index is 12.5. The molecular formula is C22H18Cl2N2O2. The van der Waals surface area contributed by atoms with Gasteiger partial charge in [0.2, 0.25) is 0 Å². The van der Waals surface area contributed by atoms with Gasteiger partial charge in [-0.15, -0.1) is 0 Å². The molecule has 0 fully saturated rings. The third-order valence-corrected chi connectivity index (χ3v) is 4.75. The first-order valence-electron chi connectivity index (χ1n) is 8.66. The maximum absolute atomic E-state index is 12.5. The minimum atomic E-state index is -0.298. The lowest BCUT2D eigenvalue weighted by Gasteiger charge is -2.16. The van der Waals surface area contributed by atoms with Gasteiger partial charge in [0.1, 0.15) is 0 Å². The summed E-state index contributed by atoms with van der Waals surface area (Å²) in [5.74, 6) is -0.490. The van der Waals surface area contributed by atoms with Crippen LogP contribution in [-0.4, -0.2) is 11.8 Å². The molecule has 142 valence electrons. The Balaban J connectivity index is 1.70. The molecule has 2 amide bonds. The van der Waals surface area contributed by atoms with E-state index in [1.54, 1.807) is 30.3 Å². The zero-order valence-corrected chi connectivity index (χ0v) is 16.6. The number of carbonyl (C=O) groups excluding carboxylic acids is 2. The van der Waals surface area contributed by atoms with Gasteiger partial charge in [-0.05, 0) is 55.0 Å².